The highest BCUT2D eigenvalue weighted by atomic mass is 32.2. The molecule has 1 aliphatic heterocycles. The molecule has 0 bridgehead atoms. The van der Waals surface area contributed by atoms with Crippen LogP contribution in [0.2, 0.25) is 0 Å². The Bertz CT molecular complexity index is 1530. The molecule has 1 fully saturated rings. The van der Waals surface area contributed by atoms with Crippen LogP contribution in [-0.2, 0) is 26.7 Å². The number of amides is 2. The predicted octanol–water partition coefficient (Wildman–Crippen LogP) is 2.97. The molecule has 1 aromatic heterocycles. The van der Waals surface area contributed by atoms with Gasteiger partial charge < -0.3 is 10.6 Å². The Balaban J connectivity index is 1.42. The number of para-hydroxylation sites is 1. The Labute approximate surface area is 235 Å². The summed E-state index contributed by atoms with van der Waals surface area (Å²) < 4.78 is 30.6. The van der Waals surface area contributed by atoms with Gasteiger partial charge in [0.2, 0.25) is 21.8 Å². The second kappa shape index (κ2) is 11.8. The van der Waals surface area contributed by atoms with Gasteiger partial charge in [-0.15, -0.1) is 0 Å². The average Bonchev–Trinajstić information content (AvgIpc) is 3.14. The summed E-state index contributed by atoms with van der Waals surface area (Å²) in [5.41, 5.74) is 2.02. The molecule has 1 aliphatic rings. The van der Waals surface area contributed by atoms with Gasteiger partial charge in [0.25, 0.3) is 5.56 Å². The summed E-state index contributed by atoms with van der Waals surface area (Å²) in [7, 11) is -1.90. The minimum Gasteiger partial charge on any atom is -0.344 e. The van der Waals surface area contributed by atoms with Crippen molar-refractivity contribution in [3.8, 4) is 5.69 Å². The van der Waals surface area contributed by atoms with Crippen LogP contribution in [0.3, 0.4) is 0 Å². The third-order valence-electron chi connectivity index (χ3n) is 7.53. The molecule has 11 heteroatoms. The molecule has 10 nitrogen and oxygen atoms in total. The topological polar surface area (TPSA) is 123 Å². The molecular weight excluding hydrogens is 530 g/mol. The molecule has 0 spiro atoms. The molecule has 2 heterocycles. The van der Waals surface area contributed by atoms with Gasteiger partial charge in [0.15, 0.2) is 0 Å². The number of rotatable bonds is 8. The van der Waals surface area contributed by atoms with Gasteiger partial charge in [-0.3, -0.25) is 19.1 Å². The first-order chi connectivity index (χ1) is 18.9. The lowest BCUT2D eigenvalue weighted by molar-refractivity contribution is -0.130. The fourth-order valence-electron chi connectivity index (χ4n) is 4.94. The van der Waals surface area contributed by atoms with E-state index in [0.29, 0.717) is 24.2 Å². The van der Waals surface area contributed by atoms with Crippen molar-refractivity contribution in [1.29, 1.82) is 0 Å². The molecule has 40 heavy (non-hydrogen) atoms. The average molecular weight is 568 g/mol. The van der Waals surface area contributed by atoms with E-state index in [-0.39, 0.29) is 41.1 Å². The second-order valence-corrected chi connectivity index (χ2v) is 12.6. The normalized spacial score (nSPS) is 15.7. The monoisotopic (exact) mass is 567 g/mol. The first-order valence-electron chi connectivity index (χ1n) is 13.4. The van der Waals surface area contributed by atoms with Crippen LogP contribution in [0.5, 0.6) is 0 Å². The molecule has 0 aliphatic carbocycles. The number of nitrogens with one attached hydrogen (secondary N) is 2. The number of aromatic nitrogens is 2. The number of hydrogen-bond donors (Lipinski definition) is 2. The van der Waals surface area contributed by atoms with E-state index < -0.39 is 27.9 Å². The van der Waals surface area contributed by atoms with Crippen molar-refractivity contribution >= 4 is 27.5 Å². The van der Waals surface area contributed by atoms with E-state index in [1.807, 2.05) is 39.0 Å². The number of piperidine rings is 1. The summed E-state index contributed by atoms with van der Waals surface area (Å²) in [6.45, 7) is 7.72. The summed E-state index contributed by atoms with van der Waals surface area (Å²) in [5, 5.41) is 5.61. The number of carbonyl (C=O) groups is 2. The molecule has 3 aromatic rings. The second-order valence-electron chi connectivity index (χ2n) is 10.6. The lowest BCUT2D eigenvalue weighted by Gasteiger charge is -2.32. The first-order valence-corrected chi connectivity index (χ1v) is 14.9. The quantitative estimate of drug-likeness (QED) is 0.433. The van der Waals surface area contributed by atoms with Crippen LogP contribution in [0, 0.1) is 25.7 Å². The summed E-state index contributed by atoms with van der Waals surface area (Å²) >= 11 is 0. The molecular formula is C29H37N5O5S. The summed E-state index contributed by atoms with van der Waals surface area (Å²) in [5.74, 6) is -1.44. The maximum absolute atomic E-state index is 13.3. The van der Waals surface area contributed by atoms with Crippen molar-refractivity contribution in [2.45, 2.75) is 51.5 Å². The Morgan fingerprint density at radius 2 is 1.55 bits per heavy atom. The zero-order valence-corrected chi connectivity index (χ0v) is 24.4. The third kappa shape index (κ3) is 5.90. The van der Waals surface area contributed by atoms with Crippen molar-refractivity contribution in [3.05, 3.63) is 76.2 Å². The lowest BCUT2D eigenvalue weighted by atomic mass is 9.95. The summed E-state index contributed by atoms with van der Waals surface area (Å²) in [6.07, 6.45) is 0.700. The number of sulfonamides is 1. The molecule has 214 valence electrons. The Hall–Kier alpha value is -3.70. The van der Waals surface area contributed by atoms with Gasteiger partial charge in [-0.05, 0) is 56.9 Å². The van der Waals surface area contributed by atoms with E-state index in [0.717, 1.165) is 5.56 Å². The van der Waals surface area contributed by atoms with Crippen LogP contribution in [-0.4, -0.2) is 53.0 Å². The molecule has 2 aromatic carbocycles. The lowest BCUT2D eigenvalue weighted by Crippen LogP contribution is -2.51. The van der Waals surface area contributed by atoms with Crippen molar-refractivity contribution in [3.63, 3.8) is 0 Å². The highest BCUT2D eigenvalue weighted by Gasteiger charge is 2.34. The van der Waals surface area contributed by atoms with Gasteiger partial charge in [0.05, 0.1) is 16.3 Å². The van der Waals surface area contributed by atoms with Crippen LogP contribution in [0.25, 0.3) is 5.69 Å². The molecule has 0 unspecified atom stereocenters. The van der Waals surface area contributed by atoms with Crippen LogP contribution in [0.1, 0.15) is 37.9 Å². The van der Waals surface area contributed by atoms with Gasteiger partial charge in [-0.1, -0.05) is 49.7 Å². The van der Waals surface area contributed by atoms with Crippen LogP contribution in [0.4, 0.5) is 5.69 Å². The molecule has 0 saturated carbocycles. The highest BCUT2D eigenvalue weighted by molar-refractivity contribution is 7.89. The maximum Gasteiger partial charge on any atom is 0.295 e. The molecule has 2 N–H and O–H groups in total. The Morgan fingerprint density at radius 1 is 0.950 bits per heavy atom. The molecule has 0 radical (unpaired) electrons. The van der Waals surface area contributed by atoms with Gasteiger partial charge >= 0.3 is 0 Å². The predicted molar refractivity (Wildman–Crippen MR) is 154 cm³/mol. The maximum atomic E-state index is 13.3. The van der Waals surface area contributed by atoms with E-state index in [2.05, 4.69) is 10.6 Å². The zero-order valence-electron chi connectivity index (χ0n) is 23.5. The van der Waals surface area contributed by atoms with Crippen LogP contribution < -0.4 is 16.2 Å². The SMILES string of the molecule is Cc1ccc(S(=O)(=O)N2CCC(C(=O)N[C@H](C(=O)Nc3c(C)n(C)n(-c4ccccc4)c3=O)C(C)C)CC2)cc1. The summed E-state index contributed by atoms with van der Waals surface area (Å²) in [6, 6.07) is 15.0. The molecule has 1 atom stereocenters. The number of nitrogens with zero attached hydrogens (tertiary/aromatic N) is 3. The van der Waals surface area contributed by atoms with E-state index in [9.17, 15) is 22.8 Å². The molecule has 2 amide bonds. The van der Waals surface area contributed by atoms with E-state index in [1.165, 1.54) is 8.99 Å². The fraction of sp³-hybridized carbons (Fsp3) is 0.414. The van der Waals surface area contributed by atoms with E-state index in [1.54, 1.807) is 55.1 Å². The minimum atomic E-state index is -3.64. The van der Waals surface area contributed by atoms with Crippen LogP contribution >= 0.6 is 0 Å². The number of anilines is 1. The van der Waals surface area contributed by atoms with E-state index in [4.69, 9.17) is 0 Å². The van der Waals surface area contributed by atoms with E-state index >= 15 is 0 Å². The number of carbonyl (C=O) groups excluding carboxylic acids is 2. The molecule has 1 saturated heterocycles. The Morgan fingerprint density at radius 3 is 2.12 bits per heavy atom. The standard InChI is InChI=1S/C29H37N5O5S/c1-19(2)25(28(36)31-26-21(4)32(5)34(29(26)37)23-9-7-6-8-10-23)30-27(35)22-15-17-33(18-16-22)40(38,39)24-13-11-20(3)12-14-24/h6-14,19,22,25H,15-18H2,1-5H3,(H,30,35)(H,31,36)/t25-/m0/s1. The number of aryl methyl sites for hydroxylation is 1. The zero-order chi connectivity index (χ0) is 29.2. The van der Waals surface area contributed by atoms with Gasteiger partial charge in [0.1, 0.15) is 11.7 Å². The van der Waals surface area contributed by atoms with Gasteiger partial charge in [-0.2, -0.15) is 4.31 Å². The van der Waals surface area contributed by atoms with Gasteiger partial charge in [-0.25, -0.2) is 13.1 Å². The number of benzene rings is 2. The first kappa shape index (κ1) is 29.3. The Kier molecular flexibility index (Phi) is 8.65. The van der Waals surface area contributed by atoms with Crippen LogP contribution in [0.15, 0.2) is 64.3 Å². The van der Waals surface area contributed by atoms with Crippen molar-refractivity contribution < 1.29 is 18.0 Å². The minimum absolute atomic E-state index is 0.158. The highest BCUT2D eigenvalue weighted by Crippen LogP contribution is 2.25. The smallest absolute Gasteiger partial charge is 0.295 e. The van der Waals surface area contributed by atoms with Crippen molar-refractivity contribution in [2.24, 2.45) is 18.9 Å². The number of hydrogen-bond acceptors (Lipinski definition) is 5. The van der Waals surface area contributed by atoms with Crippen molar-refractivity contribution in [2.75, 3.05) is 18.4 Å². The third-order valence-corrected chi connectivity index (χ3v) is 9.45. The fourth-order valence-corrected chi connectivity index (χ4v) is 6.41. The van der Waals surface area contributed by atoms with Gasteiger partial charge in [0, 0.05) is 26.1 Å². The largest absolute Gasteiger partial charge is 0.344 e. The van der Waals surface area contributed by atoms with Crippen molar-refractivity contribution in [1.82, 2.24) is 19.0 Å². The molecule has 4 rings (SSSR count). The summed E-state index contributed by atoms with van der Waals surface area (Å²) in [4.78, 5) is 40.0.